The molecule has 1 atom stereocenters. The van der Waals surface area contributed by atoms with E-state index in [-0.39, 0.29) is 18.4 Å². The van der Waals surface area contributed by atoms with Crippen LogP contribution in [0.4, 0.5) is 5.82 Å². The molecule has 1 aromatic rings. The highest BCUT2D eigenvalue weighted by atomic mass is 16.7. The average molecular weight is 334 g/mol. The van der Waals surface area contributed by atoms with Gasteiger partial charge in [-0.1, -0.05) is 6.92 Å². The van der Waals surface area contributed by atoms with E-state index in [1.807, 2.05) is 6.07 Å². The number of aryl methyl sites for hydroxylation is 1. The molecule has 0 bridgehead atoms. The average Bonchev–Trinajstić information content (AvgIpc) is 2.63. The molecule has 2 aliphatic heterocycles. The van der Waals surface area contributed by atoms with E-state index in [1.54, 1.807) is 6.33 Å². The summed E-state index contributed by atoms with van der Waals surface area (Å²) in [5.74, 6) is 0.936. The van der Waals surface area contributed by atoms with Crippen LogP contribution in [0.5, 0.6) is 0 Å². The number of nitrogens with one attached hydrogen (secondary N) is 1. The first-order chi connectivity index (χ1) is 11.7. The first kappa shape index (κ1) is 17.1. The fraction of sp³-hybridized carbons (Fsp3) is 0.706. The van der Waals surface area contributed by atoms with Gasteiger partial charge in [-0.25, -0.2) is 9.97 Å². The molecule has 0 aliphatic carbocycles. The van der Waals surface area contributed by atoms with Gasteiger partial charge in [0.2, 0.25) is 5.91 Å². The van der Waals surface area contributed by atoms with Crippen molar-refractivity contribution in [2.45, 2.75) is 51.4 Å². The lowest BCUT2D eigenvalue weighted by Gasteiger charge is -2.34. The Hall–Kier alpha value is -1.73. The standard InChI is InChI=1S/C17H26N4O3/c1-2-13-9-15(19-12-18-13)21-6-3-5-14(11-21)20-16(22)10-17-23-7-4-8-24-17/h9,12,14,17H,2-8,10-11H2,1H3,(H,20,22). The normalized spacial score (nSPS) is 22.4. The summed E-state index contributed by atoms with van der Waals surface area (Å²) in [5, 5.41) is 3.11. The zero-order valence-electron chi connectivity index (χ0n) is 14.2. The van der Waals surface area contributed by atoms with Crippen molar-refractivity contribution in [2.75, 3.05) is 31.2 Å². The van der Waals surface area contributed by atoms with E-state index in [1.165, 1.54) is 0 Å². The number of hydrogen-bond acceptors (Lipinski definition) is 6. The van der Waals surface area contributed by atoms with Crippen molar-refractivity contribution < 1.29 is 14.3 Å². The fourth-order valence-corrected chi connectivity index (χ4v) is 3.15. The second-order valence-corrected chi connectivity index (χ2v) is 6.30. The minimum absolute atomic E-state index is 0.00863. The van der Waals surface area contributed by atoms with E-state index in [0.29, 0.717) is 13.2 Å². The van der Waals surface area contributed by atoms with Gasteiger partial charge in [0.1, 0.15) is 12.1 Å². The zero-order valence-corrected chi connectivity index (χ0v) is 14.2. The maximum Gasteiger partial charge on any atom is 0.225 e. The first-order valence-corrected chi connectivity index (χ1v) is 8.83. The van der Waals surface area contributed by atoms with Gasteiger partial charge in [-0.3, -0.25) is 4.79 Å². The van der Waals surface area contributed by atoms with Crippen molar-refractivity contribution in [1.82, 2.24) is 15.3 Å². The van der Waals surface area contributed by atoms with Gasteiger partial charge < -0.3 is 19.7 Å². The number of piperidine rings is 1. The van der Waals surface area contributed by atoms with Crippen molar-refractivity contribution in [3.8, 4) is 0 Å². The van der Waals surface area contributed by atoms with Gasteiger partial charge in [0, 0.05) is 30.9 Å². The molecule has 24 heavy (non-hydrogen) atoms. The molecule has 132 valence electrons. The number of carbonyl (C=O) groups is 1. The highest BCUT2D eigenvalue weighted by Crippen LogP contribution is 2.18. The number of nitrogens with zero attached hydrogens (tertiary/aromatic N) is 3. The van der Waals surface area contributed by atoms with Crippen LogP contribution in [0.25, 0.3) is 0 Å². The van der Waals surface area contributed by atoms with Gasteiger partial charge in [-0.05, 0) is 25.7 Å². The third-order valence-corrected chi connectivity index (χ3v) is 4.43. The van der Waals surface area contributed by atoms with E-state index in [2.05, 4.69) is 27.1 Å². The molecular formula is C17H26N4O3. The van der Waals surface area contributed by atoms with Crippen molar-refractivity contribution in [2.24, 2.45) is 0 Å². The third-order valence-electron chi connectivity index (χ3n) is 4.43. The molecule has 1 unspecified atom stereocenters. The van der Waals surface area contributed by atoms with Crippen LogP contribution in [-0.4, -0.2) is 54.5 Å². The Morgan fingerprint density at radius 1 is 1.33 bits per heavy atom. The predicted octanol–water partition coefficient (Wildman–Crippen LogP) is 1.28. The topological polar surface area (TPSA) is 76.6 Å². The number of aromatic nitrogens is 2. The Labute approximate surface area is 142 Å². The SMILES string of the molecule is CCc1cc(N2CCCC(NC(=O)CC3OCCCO3)C2)ncn1. The molecule has 2 saturated heterocycles. The fourth-order valence-electron chi connectivity index (χ4n) is 3.15. The van der Waals surface area contributed by atoms with Crippen LogP contribution >= 0.6 is 0 Å². The molecule has 2 fully saturated rings. The van der Waals surface area contributed by atoms with Crippen molar-refractivity contribution >= 4 is 11.7 Å². The van der Waals surface area contributed by atoms with Crippen LogP contribution in [-0.2, 0) is 20.7 Å². The van der Waals surface area contributed by atoms with E-state index in [9.17, 15) is 4.79 Å². The summed E-state index contributed by atoms with van der Waals surface area (Å²) in [5.41, 5.74) is 1.04. The largest absolute Gasteiger partial charge is 0.354 e. The molecule has 7 heteroatoms. The van der Waals surface area contributed by atoms with Gasteiger partial charge in [0.15, 0.2) is 6.29 Å². The lowest BCUT2D eigenvalue weighted by Crippen LogP contribution is -2.48. The van der Waals surface area contributed by atoms with E-state index < -0.39 is 6.29 Å². The molecular weight excluding hydrogens is 308 g/mol. The Balaban J connectivity index is 1.52. The third kappa shape index (κ3) is 4.64. The summed E-state index contributed by atoms with van der Waals surface area (Å²) >= 11 is 0. The Morgan fingerprint density at radius 2 is 2.17 bits per heavy atom. The van der Waals surface area contributed by atoms with E-state index in [4.69, 9.17) is 9.47 Å². The lowest BCUT2D eigenvalue weighted by atomic mass is 10.1. The Bertz CT molecular complexity index is 548. The summed E-state index contributed by atoms with van der Waals surface area (Å²) in [6, 6.07) is 2.17. The molecule has 0 spiro atoms. The monoisotopic (exact) mass is 334 g/mol. The maximum atomic E-state index is 12.2. The van der Waals surface area contributed by atoms with Gasteiger partial charge in [-0.2, -0.15) is 0 Å². The van der Waals surface area contributed by atoms with E-state index in [0.717, 1.165) is 50.3 Å². The summed E-state index contributed by atoms with van der Waals surface area (Å²) < 4.78 is 10.9. The first-order valence-electron chi connectivity index (χ1n) is 8.83. The van der Waals surface area contributed by atoms with Crippen LogP contribution in [0, 0.1) is 0 Å². The smallest absolute Gasteiger partial charge is 0.225 e. The number of ether oxygens (including phenoxy) is 2. The molecule has 3 heterocycles. The summed E-state index contributed by atoms with van der Waals surface area (Å²) in [4.78, 5) is 23.1. The summed E-state index contributed by atoms with van der Waals surface area (Å²) in [6.07, 6.45) is 5.30. The molecule has 2 aliphatic rings. The molecule has 3 rings (SSSR count). The number of rotatable bonds is 5. The molecule has 1 amide bonds. The van der Waals surface area contributed by atoms with Crippen molar-refractivity contribution in [3.63, 3.8) is 0 Å². The molecule has 1 aromatic heterocycles. The van der Waals surface area contributed by atoms with Gasteiger partial charge in [0.05, 0.1) is 19.6 Å². The summed E-state index contributed by atoms with van der Waals surface area (Å²) in [7, 11) is 0. The maximum absolute atomic E-state index is 12.2. The van der Waals surface area contributed by atoms with Gasteiger partial charge in [0.25, 0.3) is 0 Å². The van der Waals surface area contributed by atoms with Crippen LogP contribution in [0.2, 0.25) is 0 Å². The highest BCUT2D eigenvalue weighted by molar-refractivity contribution is 5.76. The quantitative estimate of drug-likeness (QED) is 0.874. The number of anilines is 1. The minimum Gasteiger partial charge on any atom is -0.354 e. The second-order valence-electron chi connectivity index (χ2n) is 6.30. The number of hydrogen-bond donors (Lipinski definition) is 1. The van der Waals surface area contributed by atoms with Crippen LogP contribution in [0.1, 0.15) is 38.3 Å². The molecule has 7 nitrogen and oxygen atoms in total. The molecule has 0 saturated carbocycles. The molecule has 0 aromatic carbocycles. The number of amides is 1. The van der Waals surface area contributed by atoms with Gasteiger partial charge >= 0.3 is 0 Å². The zero-order chi connectivity index (χ0) is 16.8. The van der Waals surface area contributed by atoms with Gasteiger partial charge in [-0.15, -0.1) is 0 Å². The highest BCUT2D eigenvalue weighted by Gasteiger charge is 2.24. The minimum atomic E-state index is -0.396. The molecule has 0 radical (unpaired) electrons. The summed E-state index contributed by atoms with van der Waals surface area (Å²) in [6.45, 7) is 5.16. The van der Waals surface area contributed by atoms with Crippen LogP contribution in [0.3, 0.4) is 0 Å². The van der Waals surface area contributed by atoms with E-state index >= 15 is 0 Å². The van der Waals surface area contributed by atoms with Crippen molar-refractivity contribution in [3.05, 3.63) is 18.1 Å². The molecule has 1 N–H and O–H groups in total. The number of carbonyl (C=O) groups excluding carboxylic acids is 1. The Kier molecular flexibility index (Phi) is 5.98. The van der Waals surface area contributed by atoms with Crippen molar-refractivity contribution in [1.29, 1.82) is 0 Å². The predicted molar refractivity (Wildman–Crippen MR) is 89.7 cm³/mol. The van der Waals surface area contributed by atoms with Crippen LogP contribution < -0.4 is 10.2 Å². The van der Waals surface area contributed by atoms with Crippen LogP contribution in [0.15, 0.2) is 12.4 Å². The lowest BCUT2D eigenvalue weighted by molar-refractivity contribution is -0.184. The Morgan fingerprint density at radius 3 is 2.96 bits per heavy atom. The second kappa shape index (κ2) is 8.39.